The van der Waals surface area contributed by atoms with Crippen molar-refractivity contribution >= 4 is 33.4 Å². The molecule has 2 aromatic carbocycles. The zero-order valence-electron chi connectivity index (χ0n) is 18.8. The van der Waals surface area contributed by atoms with E-state index in [4.69, 9.17) is 4.74 Å². The maximum Gasteiger partial charge on any atom is 0.188 e. The summed E-state index contributed by atoms with van der Waals surface area (Å²) in [5.41, 5.74) is 2.09. The average Bonchev–Trinajstić information content (AvgIpc) is 3.47. The van der Waals surface area contributed by atoms with E-state index >= 15 is 0 Å². The van der Waals surface area contributed by atoms with E-state index in [0.717, 1.165) is 16.5 Å². The lowest BCUT2D eigenvalue weighted by Crippen LogP contribution is -2.08. The minimum Gasteiger partial charge on any atom is -0.491 e. The van der Waals surface area contributed by atoms with Crippen molar-refractivity contribution in [2.24, 2.45) is 0 Å². The van der Waals surface area contributed by atoms with E-state index in [1.807, 2.05) is 38.1 Å². The van der Waals surface area contributed by atoms with Crippen LogP contribution in [0.15, 0.2) is 61.1 Å². The quantitative estimate of drug-likeness (QED) is 0.335. The lowest BCUT2D eigenvalue weighted by Gasteiger charge is -2.10. The second-order valence-corrected chi connectivity index (χ2v) is 8.37. The second kappa shape index (κ2) is 8.90. The van der Waals surface area contributed by atoms with E-state index in [9.17, 15) is 9.59 Å². The molecule has 0 aliphatic rings. The van der Waals surface area contributed by atoms with Crippen LogP contribution >= 0.6 is 0 Å². The number of carbonyl (C=O) groups excluding carboxylic acids is 2. The van der Waals surface area contributed by atoms with Gasteiger partial charge in [0.15, 0.2) is 11.6 Å². The van der Waals surface area contributed by atoms with Gasteiger partial charge in [-0.15, -0.1) is 0 Å². The maximum absolute atomic E-state index is 13.0. The third-order valence-corrected chi connectivity index (χ3v) is 5.42. The first-order chi connectivity index (χ1) is 16.5. The molecule has 0 unspecified atom stereocenters. The van der Waals surface area contributed by atoms with Crippen LogP contribution < -0.4 is 4.74 Å². The standard InChI is InChI=1S/C26H23N5O3/c1-15(2)34-18-7-6-16-14-29-21(11-17(16)10-18)23(33)13-25-30-20-5-3-4-19(26(20)31-25)22(32)12-24-27-8-9-28-24/h3-11,14-15H,12-13H2,1-2H3,(H,27,28)(H,30,31). The molecule has 0 radical (unpaired) electrons. The number of Topliss-reactive ketones (excluding diaryl/α,β-unsaturated/α-hetero) is 2. The number of aromatic nitrogens is 5. The summed E-state index contributed by atoms with van der Waals surface area (Å²) in [6.45, 7) is 3.93. The van der Waals surface area contributed by atoms with E-state index in [1.165, 1.54) is 0 Å². The van der Waals surface area contributed by atoms with Crippen molar-refractivity contribution < 1.29 is 14.3 Å². The fourth-order valence-electron chi connectivity index (χ4n) is 3.89. The van der Waals surface area contributed by atoms with Crippen LogP contribution in [0.2, 0.25) is 0 Å². The molecule has 34 heavy (non-hydrogen) atoms. The van der Waals surface area contributed by atoms with Gasteiger partial charge in [0.25, 0.3) is 0 Å². The first-order valence-electron chi connectivity index (χ1n) is 11.0. The van der Waals surface area contributed by atoms with Gasteiger partial charge < -0.3 is 14.7 Å². The highest BCUT2D eigenvalue weighted by molar-refractivity contribution is 6.07. The number of aromatic amines is 2. The van der Waals surface area contributed by atoms with Crippen molar-refractivity contribution in [3.8, 4) is 5.75 Å². The van der Waals surface area contributed by atoms with Gasteiger partial charge in [-0.1, -0.05) is 6.07 Å². The molecule has 0 spiro atoms. The predicted molar refractivity (Wildman–Crippen MR) is 128 cm³/mol. The van der Waals surface area contributed by atoms with Crippen LogP contribution in [0.5, 0.6) is 5.75 Å². The number of H-pyrrole nitrogens is 2. The minimum atomic E-state index is -0.167. The molecule has 0 bridgehead atoms. The van der Waals surface area contributed by atoms with Crippen molar-refractivity contribution in [2.75, 3.05) is 0 Å². The molecule has 8 nitrogen and oxygen atoms in total. The Hall–Kier alpha value is -4.33. The van der Waals surface area contributed by atoms with Gasteiger partial charge in [0, 0.05) is 29.5 Å². The summed E-state index contributed by atoms with van der Waals surface area (Å²) in [5.74, 6) is 1.56. The van der Waals surface area contributed by atoms with E-state index in [1.54, 1.807) is 36.8 Å². The van der Waals surface area contributed by atoms with Gasteiger partial charge in [0.05, 0.1) is 30.0 Å². The molecule has 3 aromatic heterocycles. The molecule has 0 amide bonds. The number of fused-ring (bicyclic) bond motifs is 2. The number of hydrogen-bond donors (Lipinski definition) is 2. The van der Waals surface area contributed by atoms with E-state index in [-0.39, 0.29) is 30.5 Å². The second-order valence-electron chi connectivity index (χ2n) is 8.37. The van der Waals surface area contributed by atoms with Gasteiger partial charge in [-0.05, 0) is 55.6 Å². The lowest BCUT2D eigenvalue weighted by atomic mass is 10.1. The summed E-state index contributed by atoms with van der Waals surface area (Å²) in [7, 11) is 0. The summed E-state index contributed by atoms with van der Waals surface area (Å²) >= 11 is 0. The third-order valence-electron chi connectivity index (χ3n) is 5.42. The molecule has 170 valence electrons. The van der Waals surface area contributed by atoms with Crippen molar-refractivity contribution in [1.82, 2.24) is 24.9 Å². The highest BCUT2D eigenvalue weighted by Gasteiger charge is 2.17. The fraction of sp³-hybridized carbons (Fsp3) is 0.192. The molecule has 0 saturated heterocycles. The van der Waals surface area contributed by atoms with Crippen LogP contribution in [0.1, 0.15) is 46.3 Å². The van der Waals surface area contributed by atoms with Crippen LogP contribution in [-0.2, 0) is 12.8 Å². The van der Waals surface area contributed by atoms with Crippen molar-refractivity contribution in [1.29, 1.82) is 0 Å². The zero-order chi connectivity index (χ0) is 23.7. The van der Waals surface area contributed by atoms with Crippen LogP contribution in [0.4, 0.5) is 0 Å². The molecule has 0 fully saturated rings. The normalized spacial score (nSPS) is 11.4. The summed E-state index contributed by atoms with van der Waals surface area (Å²) in [4.78, 5) is 44.9. The summed E-state index contributed by atoms with van der Waals surface area (Å²) < 4.78 is 5.76. The van der Waals surface area contributed by atoms with Gasteiger partial charge >= 0.3 is 0 Å². The van der Waals surface area contributed by atoms with Gasteiger partial charge in [-0.3, -0.25) is 14.6 Å². The highest BCUT2D eigenvalue weighted by atomic mass is 16.5. The Morgan fingerprint density at radius 1 is 0.971 bits per heavy atom. The fourth-order valence-corrected chi connectivity index (χ4v) is 3.89. The molecule has 0 atom stereocenters. The van der Waals surface area contributed by atoms with Gasteiger partial charge in [-0.25, -0.2) is 9.97 Å². The van der Waals surface area contributed by atoms with Crippen molar-refractivity contribution in [3.05, 3.63) is 84.0 Å². The largest absolute Gasteiger partial charge is 0.491 e. The summed E-state index contributed by atoms with van der Waals surface area (Å²) in [6.07, 6.45) is 5.23. The topological polar surface area (TPSA) is 114 Å². The number of imidazole rings is 2. The van der Waals surface area contributed by atoms with Gasteiger partial charge in [0.1, 0.15) is 23.1 Å². The Balaban J connectivity index is 1.39. The number of nitrogens with zero attached hydrogens (tertiary/aromatic N) is 3. The number of ketones is 2. The number of carbonyl (C=O) groups is 2. The number of hydrogen-bond acceptors (Lipinski definition) is 6. The first kappa shape index (κ1) is 21.5. The number of para-hydroxylation sites is 1. The molecule has 0 aliphatic carbocycles. The molecule has 8 heteroatoms. The minimum absolute atomic E-state index is 0.0428. The Kier molecular flexibility index (Phi) is 5.63. The van der Waals surface area contributed by atoms with Crippen LogP contribution in [0.3, 0.4) is 0 Å². The molecule has 0 aliphatic heterocycles. The molecule has 5 rings (SSSR count). The molecule has 2 N–H and O–H groups in total. The Morgan fingerprint density at radius 3 is 2.62 bits per heavy atom. The van der Waals surface area contributed by atoms with Crippen molar-refractivity contribution in [2.45, 2.75) is 32.8 Å². The SMILES string of the molecule is CC(C)Oc1ccc2cnc(C(=O)Cc3nc4c(C(=O)Cc5ncc[nH]5)cccc4[nH]3)cc2c1. The van der Waals surface area contributed by atoms with Crippen LogP contribution in [0.25, 0.3) is 21.8 Å². The van der Waals surface area contributed by atoms with E-state index in [2.05, 4.69) is 24.9 Å². The van der Waals surface area contributed by atoms with Gasteiger partial charge in [-0.2, -0.15) is 0 Å². The molecule has 0 saturated carbocycles. The zero-order valence-corrected chi connectivity index (χ0v) is 18.8. The Morgan fingerprint density at radius 2 is 1.82 bits per heavy atom. The molecule has 5 aromatic rings. The van der Waals surface area contributed by atoms with E-state index < -0.39 is 0 Å². The summed E-state index contributed by atoms with van der Waals surface area (Å²) in [5, 5.41) is 1.81. The smallest absolute Gasteiger partial charge is 0.188 e. The summed E-state index contributed by atoms with van der Waals surface area (Å²) in [6, 6.07) is 12.9. The number of rotatable bonds is 8. The predicted octanol–water partition coefficient (Wildman–Crippen LogP) is 4.47. The lowest BCUT2D eigenvalue weighted by molar-refractivity contribution is 0.0981. The van der Waals surface area contributed by atoms with Crippen LogP contribution in [0, 0.1) is 0 Å². The van der Waals surface area contributed by atoms with Gasteiger partial charge in [0.2, 0.25) is 0 Å². The molecular weight excluding hydrogens is 430 g/mol. The Bertz CT molecular complexity index is 1500. The molecular formula is C26H23N5O3. The monoisotopic (exact) mass is 453 g/mol. The number of pyridine rings is 1. The Labute approximate surface area is 195 Å². The maximum atomic E-state index is 13.0. The highest BCUT2D eigenvalue weighted by Crippen LogP contribution is 2.23. The number of nitrogens with one attached hydrogen (secondary N) is 2. The number of ether oxygens (including phenoxy) is 1. The number of benzene rings is 2. The van der Waals surface area contributed by atoms with E-state index in [0.29, 0.717) is 33.9 Å². The van der Waals surface area contributed by atoms with Crippen molar-refractivity contribution in [3.63, 3.8) is 0 Å². The van der Waals surface area contributed by atoms with Crippen LogP contribution in [-0.4, -0.2) is 42.6 Å². The third kappa shape index (κ3) is 4.43. The molecule has 3 heterocycles. The first-order valence-corrected chi connectivity index (χ1v) is 11.0. The average molecular weight is 454 g/mol.